The molecule has 2 rings (SSSR count). The molecular formula is C9H12BrN3O. The minimum atomic E-state index is 0.243. The number of aromatic nitrogens is 2. The molecule has 1 fully saturated rings. The van der Waals surface area contributed by atoms with E-state index < -0.39 is 0 Å². The molecule has 1 aliphatic carbocycles. The molecule has 1 aliphatic rings. The van der Waals surface area contributed by atoms with Crippen molar-refractivity contribution < 1.29 is 4.74 Å². The van der Waals surface area contributed by atoms with Gasteiger partial charge in [-0.2, -0.15) is 4.98 Å². The lowest BCUT2D eigenvalue weighted by Crippen LogP contribution is -2.12. The lowest BCUT2D eigenvalue weighted by molar-refractivity contribution is 0.201. The topological polar surface area (TPSA) is 61.0 Å². The first-order valence-electron chi connectivity index (χ1n) is 4.71. The highest BCUT2D eigenvalue weighted by atomic mass is 79.9. The molecule has 0 aliphatic heterocycles. The van der Waals surface area contributed by atoms with Crippen molar-refractivity contribution in [2.24, 2.45) is 0 Å². The fourth-order valence-electron chi connectivity index (χ4n) is 1.65. The molecule has 0 unspecified atom stereocenters. The SMILES string of the molecule is Nc1nc(Br)cc(OC2CCCC2)n1. The maximum Gasteiger partial charge on any atom is 0.224 e. The van der Waals surface area contributed by atoms with Crippen LogP contribution in [0.25, 0.3) is 0 Å². The van der Waals surface area contributed by atoms with E-state index in [1.807, 2.05) is 0 Å². The number of ether oxygens (including phenoxy) is 1. The molecular weight excluding hydrogens is 246 g/mol. The van der Waals surface area contributed by atoms with Crippen molar-refractivity contribution >= 4 is 21.9 Å². The van der Waals surface area contributed by atoms with Crippen LogP contribution in [-0.4, -0.2) is 16.1 Å². The normalized spacial score (nSPS) is 17.2. The zero-order chi connectivity index (χ0) is 9.97. The number of nitrogens with zero attached hydrogens (tertiary/aromatic N) is 2. The largest absolute Gasteiger partial charge is 0.474 e. The summed E-state index contributed by atoms with van der Waals surface area (Å²) in [7, 11) is 0. The summed E-state index contributed by atoms with van der Waals surface area (Å²) in [5, 5.41) is 0. The molecule has 0 aromatic carbocycles. The fraction of sp³-hybridized carbons (Fsp3) is 0.556. The van der Waals surface area contributed by atoms with Crippen molar-refractivity contribution in [1.29, 1.82) is 0 Å². The first-order valence-corrected chi connectivity index (χ1v) is 5.50. The fourth-order valence-corrected chi connectivity index (χ4v) is 2.03. The first-order chi connectivity index (χ1) is 6.74. The maximum absolute atomic E-state index is 5.68. The van der Waals surface area contributed by atoms with Gasteiger partial charge >= 0.3 is 0 Å². The number of hydrogen-bond acceptors (Lipinski definition) is 4. The summed E-state index contributed by atoms with van der Waals surface area (Å²) in [5.41, 5.74) is 5.50. The summed E-state index contributed by atoms with van der Waals surface area (Å²) in [6.45, 7) is 0. The lowest BCUT2D eigenvalue weighted by atomic mass is 10.3. The monoisotopic (exact) mass is 257 g/mol. The van der Waals surface area contributed by atoms with Gasteiger partial charge in [-0.05, 0) is 41.6 Å². The number of anilines is 1. The van der Waals surface area contributed by atoms with Crippen LogP contribution in [0.1, 0.15) is 25.7 Å². The Hall–Kier alpha value is -0.840. The summed E-state index contributed by atoms with van der Waals surface area (Å²) in [5.74, 6) is 0.809. The van der Waals surface area contributed by atoms with Crippen LogP contribution in [0, 0.1) is 0 Å². The van der Waals surface area contributed by atoms with Crippen LogP contribution in [-0.2, 0) is 0 Å². The van der Waals surface area contributed by atoms with Crippen LogP contribution in [0.3, 0.4) is 0 Å². The third-order valence-corrected chi connectivity index (χ3v) is 2.68. The van der Waals surface area contributed by atoms with E-state index in [9.17, 15) is 0 Å². The molecule has 1 aromatic heterocycles. The quantitative estimate of drug-likeness (QED) is 0.825. The Kier molecular flexibility index (Phi) is 2.86. The van der Waals surface area contributed by atoms with Crippen LogP contribution in [0.4, 0.5) is 5.95 Å². The Labute approximate surface area is 91.0 Å². The van der Waals surface area contributed by atoms with Gasteiger partial charge in [0.2, 0.25) is 11.8 Å². The predicted octanol–water partition coefficient (Wildman–Crippen LogP) is 2.14. The molecule has 0 saturated heterocycles. The van der Waals surface area contributed by atoms with E-state index in [2.05, 4.69) is 25.9 Å². The van der Waals surface area contributed by atoms with Gasteiger partial charge in [-0.25, -0.2) is 4.98 Å². The first kappa shape index (κ1) is 9.71. The van der Waals surface area contributed by atoms with Gasteiger partial charge in [0, 0.05) is 6.07 Å². The minimum Gasteiger partial charge on any atom is -0.474 e. The molecule has 0 bridgehead atoms. The Morgan fingerprint density at radius 3 is 2.71 bits per heavy atom. The molecule has 1 aromatic rings. The molecule has 0 amide bonds. The average Bonchev–Trinajstić information content (AvgIpc) is 2.54. The van der Waals surface area contributed by atoms with E-state index in [0.717, 1.165) is 12.8 Å². The highest BCUT2D eigenvalue weighted by molar-refractivity contribution is 9.10. The summed E-state index contributed by atoms with van der Waals surface area (Å²) in [6, 6.07) is 1.74. The van der Waals surface area contributed by atoms with Gasteiger partial charge in [0.15, 0.2) is 0 Å². The predicted molar refractivity (Wildman–Crippen MR) is 57.0 cm³/mol. The number of nitrogens with two attached hydrogens (primary N) is 1. The second-order valence-corrected chi connectivity index (χ2v) is 4.22. The number of nitrogen functional groups attached to an aromatic ring is 1. The maximum atomic E-state index is 5.68. The Bertz CT molecular complexity index is 306. The molecule has 0 atom stereocenters. The molecule has 0 radical (unpaired) electrons. The van der Waals surface area contributed by atoms with Crippen molar-refractivity contribution in [3.8, 4) is 5.88 Å². The van der Waals surface area contributed by atoms with E-state index in [0.29, 0.717) is 16.6 Å². The van der Waals surface area contributed by atoms with Crippen molar-refractivity contribution in [2.45, 2.75) is 31.8 Å². The highest BCUT2D eigenvalue weighted by Crippen LogP contribution is 2.24. The molecule has 4 nitrogen and oxygen atoms in total. The summed E-state index contributed by atoms with van der Waals surface area (Å²) >= 11 is 3.25. The second kappa shape index (κ2) is 4.13. The van der Waals surface area contributed by atoms with Gasteiger partial charge in [-0.15, -0.1) is 0 Å². The van der Waals surface area contributed by atoms with E-state index in [1.165, 1.54) is 12.8 Å². The van der Waals surface area contributed by atoms with Crippen molar-refractivity contribution in [3.63, 3.8) is 0 Å². The van der Waals surface area contributed by atoms with E-state index in [4.69, 9.17) is 10.5 Å². The summed E-state index contributed by atoms with van der Waals surface area (Å²) in [6.07, 6.45) is 5.01. The molecule has 0 spiro atoms. The van der Waals surface area contributed by atoms with Gasteiger partial charge in [0.05, 0.1) is 0 Å². The average molecular weight is 258 g/mol. The second-order valence-electron chi connectivity index (χ2n) is 3.41. The molecule has 1 saturated carbocycles. The lowest BCUT2D eigenvalue weighted by Gasteiger charge is -2.11. The zero-order valence-corrected chi connectivity index (χ0v) is 9.33. The standard InChI is InChI=1S/C9H12BrN3O/c10-7-5-8(13-9(11)12-7)14-6-3-1-2-4-6/h5-6H,1-4H2,(H2,11,12,13). The van der Waals surface area contributed by atoms with E-state index in [1.54, 1.807) is 6.07 Å². The summed E-state index contributed by atoms with van der Waals surface area (Å²) in [4.78, 5) is 7.92. The van der Waals surface area contributed by atoms with Crippen LogP contribution in [0.15, 0.2) is 10.7 Å². The van der Waals surface area contributed by atoms with Crippen molar-refractivity contribution in [3.05, 3.63) is 10.7 Å². The van der Waals surface area contributed by atoms with Crippen LogP contribution < -0.4 is 10.5 Å². The third-order valence-electron chi connectivity index (χ3n) is 2.28. The number of hydrogen-bond donors (Lipinski definition) is 1. The third kappa shape index (κ3) is 2.35. The van der Waals surface area contributed by atoms with Gasteiger partial charge in [-0.1, -0.05) is 0 Å². The van der Waals surface area contributed by atoms with Gasteiger partial charge in [-0.3, -0.25) is 0 Å². The van der Waals surface area contributed by atoms with E-state index in [-0.39, 0.29) is 5.95 Å². The molecule has 2 N–H and O–H groups in total. The van der Waals surface area contributed by atoms with Gasteiger partial charge in [0.1, 0.15) is 10.7 Å². The van der Waals surface area contributed by atoms with Gasteiger partial charge in [0.25, 0.3) is 0 Å². The molecule has 76 valence electrons. The van der Waals surface area contributed by atoms with Crippen molar-refractivity contribution in [2.75, 3.05) is 5.73 Å². The highest BCUT2D eigenvalue weighted by Gasteiger charge is 2.17. The number of rotatable bonds is 2. The molecule has 14 heavy (non-hydrogen) atoms. The van der Waals surface area contributed by atoms with Crippen molar-refractivity contribution in [1.82, 2.24) is 9.97 Å². The summed E-state index contributed by atoms with van der Waals surface area (Å²) < 4.78 is 6.34. The molecule has 1 heterocycles. The minimum absolute atomic E-state index is 0.243. The molecule has 5 heteroatoms. The van der Waals surface area contributed by atoms with Gasteiger partial charge < -0.3 is 10.5 Å². The smallest absolute Gasteiger partial charge is 0.224 e. The Balaban J connectivity index is 2.07. The zero-order valence-electron chi connectivity index (χ0n) is 7.74. The Morgan fingerprint density at radius 2 is 2.07 bits per heavy atom. The Morgan fingerprint density at radius 1 is 1.36 bits per heavy atom. The van der Waals surface area contributed by atoms with E-state index >= 15 is 0 Å². The number of halogens is 1. The van der Waals surface area contributed by atoms with Crippen LogP contribution in [0.5, 0.6) is 5.88 Å². The van der Waals surface area contributed by atoms with Crippen LogP contribution >= 0.6 is 15.9 Å². The van der Waals surface area contributed by atoms with Crippen LogP contribution in [0.2, 0.25) is 0 Å².